The Morgan fingerprint density at radius 3 is 2.34 bits per heavy atom. The first kappa shape index (κ1) is 24.8. The SMILES string of the molecule is [C-]#[N+]c1ccc(S(=O)(=O)[C@H]2CN(S(=O)(=O)c3cc(F)c(Cl)cc3Cl)C[C@@]2(O)CO)cc1F. The molecule has 0 unspecified atom stereocenters. The quantitative estimate of drug-likeness (QED) is 0.456. The fourth-order valence-electron chi connectivity index (χ4n) is 3.31. The van der Waals surface area contributed by atoms with Gasteiger partial charge in [0, 0.05) is 13.1 Å². The van der Waals surface area contributed by atoms with Gasteiger partial charge in [-0.25, -0.2) is 30.5 Å². The van der Waals surface area contributed by atoms with Gasteiger partial charge in [-0.2, -0.15) is 4.31 Å². The number of hydrogen-bond acceptors (Lipinski definition) is 6. The third-order valence-electron chi connectivity index (χ3n) is 5.03. The van der Waals surface area contributed by atoms with E-state index < -0.39 is 87.6 Å². The van der Waals surface area contributed by atoms with Crippen LogP contribution in [-0.2, 0) is 19.9 Å². The van der Waals surface area contributed by atoms with Crippen molar-refractivity contribution in [1.82, 2.24) is 4.31 Å². The maximum Gasteiger partial charge on any atom is 0.244 e. The van der Waals surface area contributed by atoms with Crippen LogP contribution in [0.1, 0.15) is 0 Å². The van der Waals surface area contributed by atoms with Crippen molar-refractivity contribution in [2.45, 2.75) is 20.6 Å². The van der Waals surface area contributed by atoms with Gasteiger partial charge in [0.2, 0.25) is 15.7 Å². The summed E-state index contributed by atoms with van der Waals surface area (Å²) in [5.74, 6) is -2.22. The standard InChI is InChI=1S/C18H14Cl2F2N2O6S2/c1-23-15-3-2-10(4-14(15)22)31(27,28)17-7-24(8-18(17,26)9-25)32(29,30)16-6-13(21)11(19)5-12(16)20/h2-6,17,25-26H,7-9H2/t17-,18+/m0/s1. The van der Waals surface area contributed by atoms with Gasteiger partial charge in [-0.1, -0.05) is 35.3 Å². The fraction of sp³-hybridized carbons (Fsp3) is 0.278. The molecule has 0 amide bonds. The maximum absolute atomic E-state index is 14.0. The molecule has 0 spiro atoms. The van der Waals surface area contributed by atoms with Gasteiger partial charge in [0.25, 0.3) is 0 Å². The molecule has 1 saturated heterocycles. The summed E-state index contributed by atoms with van der Waals surface area (Å²) < 4.78 is 80.6. The predicted molar refractivity (Wildman–Crippen MR) is 111 cm³/mol. The first-order valence-electron chi connectivity index (χ1n) is 8.67. The number of rotatable bonds is 5. The van der Waals surface area contributed by atoms with E-state index in [-0.39, 0.29) is 0 Å². The molecule has 0 aliphatic carbocycles. The van der Waals surface area contributed by atoms with Gasteiger partial charge in [0.05, 0.1) is 28.1 Å². The Morgan fingerprint density at radius 1 is 1.12 bits per heavy atom. The van der Waals surface area contributed by atoms with Crippen LogP contribution in [0.5, 0.6) is 0 Å². The summed E-state index contributed by atoms with van der Waals surface area (Å²) in [6.07, 6.45) is 0. The second-order valence-corrected chi connectivity index (χ2v) is 11.9. The van der Waals surface area contributed by atoms with Crippen LogP contribution < -0.4 is 0 Å². The van der Waals surface area contributed by atoms with Crippen LogP contribution in [0.15, 0.2) is 40.1 Å². The van der Waals surface area contributed by atoms with Crippen LogP contribution in [-0.4, -0.2) is 61.9 Å². The minimum atomic E-state index is -4.63. The third kappa shape index (κ3) is 4.10. The molecule has 172 valence electrons. The van der Waals surface area contributed by atoms with Crippen molar-refractivity contribution in [3.05, 3.63) is 63.4 Å². The summed E-state index contributed by atoms with van der Waals surface area (Å²) in [6, 6.07) is 3.84. The van der Waals surface area contributed by atoms with Crippen molar-refractivity contribution in [3.8, 4) is 0 Å². The van der Waals surface area contributed by atoms with E-state index in [4.69, 9.17) is 29.8 Å². The highest BCUT2D eigenvalue weighted by molar-refractivity contribution is 7.92. The van der Waals surface area contributed by atoms with Crippen molar-refractivity contribution in [3.63, 3.8) is 0 Å². The molecule has 0 aromatic heterocycles. The average molecular weight is 527 g/mol. The Morgan fingerprint density at radius 2 is 1.78 bits per heavy atom. The number of sulfone groups is 1. The van der Waals surface area contributed by atoms with E-state index in [1.165, 1.54) is 0 Å². The van der Waals surface area contributed by atoms with Crippen LogP contribution in [0.25, 0.3) is 4.85 Å². The summed E-state index contributed by atoms with van der Waals surface area (Å²) in [7, 11) is -9.22. The number of β-amino-alcohol motifs (C(OH)–C–C–N with tert-alkyl or cyclic N) is 1. The summed E-state index contributed by atoms with van der Waals surface area (Å²) >= 11 is 11.5. The van der Waals surface area contributed by atoms with Crippen molar-refractivity contribution in [1.29, 1.82) is 0 Å². The highest BCUT2D eigenvalue weighted by atomic mass is 35.5. The number of aliphatic hydroxyl groups is 2. The van der Waals surface area contributed by atoms with Gasteiger partial charge in [-0.15, -0.1) is 0 Å². The van der Waals surface area contributed by atoms with Gasteiger partial charge in [-0.05, 0) is 18.2 Å². The zero-order chi connectivity index (χ0) is 24.1. The molecule has 1 fully saturated rings. The molecule has 32 heavy (non-hydrogen) atoms. The molecule has 8 nitrogen and oxygen atoms in total. The fourth-order valence-corrected chi connectivity index (χ4v) is 7.61. The van der Waals surface area contributed by atoms with E-state index in [9.17, 15) is 35.8 Å². The first-order valence-corrected chi connectivity index (χ1v) is 12.4. The van der Waals surface area contributed by atoms with E-state index >= 15 is 0 Å². The Bertz CT molecular complexity index is 1350. The lowest BCUT2D eigenvalue weighted by molar-refractivity contribution is 0.00159. The van der Waals surface area contributed by atoms with E-state index in [1.807, 2.05) is 0 Å². The molecule has 0 bridgehead atoms. The molecule has 1 aliphatic rings. The molecule has 3 rings (SSSR count). The van der Waals surface area contributed by atoms with Crippen molar-refractivity contribution in [2.75, 3.05) is 19.7 Å². The monoisotopic (exact) mass is 526 g/mol. The minimum Gasteiger partial charge on any atom is -0.393 e. The van der Waals surface area contributed by atoms with Crippen LogP contribution in [0.4, 0.5) is 14.5 Å². The molecule has 0 saturated carbocycles. The van der Waals surface area contributed by atoms with E-state index in [0.717, 1.165) is 18.2 Å². The molecule has 0 radical (unpaired) electrons. The lowest BCUT2D eigenvalue weighted by Crippen LogP contribution is -2.49. The molecular weight excluding hydrogens is 513 g/mol. The molecule has 2 aromatic rings. The Balaban J connectivity index is 2.06. The second kappa shape index (κ2) is 8.49. The Kier molecular flexibility index (Phi) is 6.58. The largest absolute Gasteiger partial charge is 0.393 e. The van der Waals surface area contributed by atoms with Gasteiger partial charge in [-0.3, -0.25) is 0 Å². The molecule has 1 heterocycles. The normalized spacial score (nSPS) is 22.1. The van der Waals surface area contributed by atoms with Crippen LogP contribution >= 0.6 is 23.2 Å². The number of aliphatic hydroxyl groups excluding tert-OH is 1. The third-order valence-corrected chi connectivity index (χ3v) is 9.84. The highest BCUT2D eigenvalue weighted by Gasteiger charge is 2.55. The molecule has 2 atom stereocenters. The van der Waals surface area contributed by atoms with E-state index in [0.29, 0.717) is 16.4 Å². The minimum absolute atomic E-state index is 0.434. The summed E-state index contributed by atoms with van der Waals surface area (Å²) in [5, 5.41) is 17.7. The van der Waals surface area contributed by atoms with Gasteiger partial charge < -0.3 is 10.2 Å². The van der Waals surface area contributed by atoms with Gasteiger partial charge in [0.1, 0.15) is 27.4 Å². The van der Waals surface area contributed by atoms with E-state index in [1.54, 1.807) is 0 Å². The smallest absolute Gasteiger partial charge is 0.244 e. The molecular formula is C18H14Cl2F2N2O6S2. The van der Waals surface area contributed by atoms with Crippen LogP contribution in [0.2, 0.25) is 10.0 Å². The number of nitrogens with zero attached hydrogens (tertiary/aromatic N) is 2. The molecule has 14 heteroatoms. The predicted octanol–water partition coefficient (Wildman–Crippen LogP) is 2.39. The lowest BCUT2D eigenvalue weighted by Gasteiger charge is -2.26. The number of benzene rings is 2. The molecule has 2 N–H and O–H groups in total. The topological polar surface area (TPSA) is 116 Å². The second-order valence-electron chi connectivity index (χ2n) is 7.01. The van der Waals surface area contributed by atoms with Crippen molar-refractivity contribution < 1.29 is 35.8 Å². The zero-order valence-electron chi connectivity index (χ0n) is 15.8. The summed E-state index contributed by atoms with van der Waals surface area (Å²) in [6.45, 7) is 3.99. The highest BCUT2D eigenvalue weighted by Crippen LogP contribution is 2.37. The van der Waals surface area contributed by atoms with Gasteiger partial charge in [0.15, 0.2) is 9.84 Å². The van der Waals surface area contributed by atoms with Crippen molar-refractivity contribution in [2.24, 2.45) is 0 Å². The van der Waals surface area contributed by atoms with Crippen molar-refractivity contribution >= 4 is 48.7 Å². The molecule has 2 aromatic carbocycles. The Labute approximate surface area is 192 Å². The zero-order valence-corrected chi connectivity index (χ0v) is 19.0. The van der Waals surface area contributed by atoms with E-state index in [2.05, 4.69) is 4.85 Å². The summed E-state index contributed by atoms with van der Waals surface area (Å²) in [4.78, 5) is 1.55. The van der Waals surface area contributed by atoms with Crippen LogP contribution in [0.3, 0.4) is 0 Å². The number of sulfonamides is 1. The number of hydrogen-bond donors (Lipinski definition) is 2. The van der Waals surface area contributed by atoms with Crippen LogP contribution in [0, 0.1) is 18.2 Å². The lowest BCUT2D eigenvalue weighted by atomic mass is 10.1. The Hall–Kier alpha value is -1.85. The average Bonchev–Trinajstić information content (AvgIpc) is 3.10. The first-order chi connectivity index (χ1) is 14.8. The maximum atomic E-state index is 14.0. The van der Waals surface area contributed by atoms with Gasteiger partial charge >= 0.3 is 0 Å². The molecule has 1 aliphatic heterocycles. The summed E-state index contributed by atoms with van der Waals surface area (Å²) in [5.41, 5.74) is -2.89. The number of halogens is 4.